The summed E-state index contributed by atoms with van der Waals surface area (Å²) in [6, 6.07) is -0.881. The first kappa shape index (κ1) is 79.0. The minimum atomic E-state index is -1.97. The van der Waals surface area contributed by atoms with Gasteiger partial charge in [-0.25, -0.2) is 0 Å². The average Bonchev–Trinajstić information content (AvgIpc) is 1.83. The Bertz CT molecular complexity index is 1570. The molecule has 3 saturated heterocycles. The van der Waals surface area contributed by atoms with Crippen LogP contribution in [0.3, 0.4) is 0 Å². The fraction of sp³-hybridized carbons (Fsp3) is 0.985. The molecule has 0 saturated carbocycles. The topological polar surface area (TPSA) is 307 Å². The number of ether oxygens (including phenoxy) is 6. The Morgan fingerprint density at radius 3 is 1.01 bits per heavy atom. The zero-order valence-corrected chi connectivity index (χ0v) is 53.8. The molecule has 0 aliphatic carbocycles. The Balaban J connectivity index is 1.43. The molecule has 17 unspecified atom stereocenters. The molecule has 0 aromatic heterocycles. The van der Waals surface area contributed by atoms with Crippen molar-refractivity contribution < 1.29 is 89.4 Å². The highest BCUT2D eigenvalue weighted by Gasteiger charge is 2.53. The number of hydrogen-bond donors (Lipinski definition) is 12. The molecule has 19 heteroatoms. The third-order valence-corrected chi connectivity index (χ3v) is 18.2. The molecule has 0 spiro atoms. The van der Waals surface area contributed by atoms with Crippen LogP contribution < -0.4 is 5.32 Å². The van der Waals surface area contributed by atoms with Gasteiger partial charge in [-0.05, 0) is 12.8 Å². The number of nitrogens with one attached hydrogen (secondary N) is 1. The summed E-state index contributed by atoms with van der Waals surface area (Å²) < 4.78 is 34.4. The predicted octanol–water partition coefficient (Wildman–Crippen LogP) is 9.11. The fourth-order valence-corrected chi connectivity index (χ4v) is 12.4. The van der Waals surface area contributed by atoms with Gasteiger partial charge >= 0.3 is 0 Å². The molecule has 3 rings (SSSR count). The normalized spacial score (nSPS) is 28.7. The van der Waals surface area contributed by atoms with Crippen molar-refractivity contribution in [2.45, 2.75) is 394 Å². The molecule has 0 aromatic carbocycles. The summed E-state index contributed by atoms with van der Waals surface area (Å²) in [7, 11) is 0. The first-order chi connectivity index (χ1) is 41.8. The number of hydrogen-bond acceptors (Lipinski definition) is 18. The molecular weight excluding hydrogens is 1110 g/mol. The molecule has 0 radical (unpaired) electrons. The minimum Gasteiger partial charge on any atom is -0.394 e. The van der Waals surface area contributed by atoms with Gasteiger partial charge in [0.05, 0.1) is 38.6 Å². The number of aliphatic hydroxyl groups excluding tert-OH is 11. The molecule has 1 amide bonds. The maximum Gasteiger partial charge on any atom is 0.220 e. The van der Waals surface area contributed by atoms with Gasteiger partial charge in [-0.15, -0.1) is 0 Å². The van der Waals surface area contributed by atoms with Crippen molar-refractivity contribution in [1.82, 2.24) is 5.32 Å². The van der Waals surface area contributed by atoms with Gasteiger partial charge in [-0.2, -0.15) is 0 Å². The fourth-order valence-electron chi connectivity index (χ4n) is 12.4. The summed E-state index contributed by atoms with van der Waals surface area (Å²) in [6.07, 6.45) is 26.0. The number of aliphatic hydroxyl groups is 11. The maximum atomic E-state index is 13.4. The minimum absolute atomic E-state index is 0.236. The van der Waals surface area contributed by atoms with Crippen LogP contribution in [0.4, 0.5) is 0 Å². The second-order valence-corrected chi connectivity index (χ2v) is 25.7. The highest BCUT2D eigenvalue weighted by atomic mass is 16.8. The van der Waals surface area contributed by atoms with Crippen molar-refractivity contribution in [2.24, 2.45) is 0 Å². The van der Waals surface area contributed by atoms with Gasteiger partial charge in [0.2, 0.25) is 5.91 Å². The van der Waals surface area contributed by atoms with Gasteiger partial charge in [0.25, 0.3) is 0 Å². The maximum absolute atomic E-state index is 13.4. The molecule has 510 valence electrons. The molecule has 17 atom stereocenters. The monoisotopic (exact) mass is 1240 g/mol. The van der Waals surface area contributed by atoms with Crippen molar-refractivity contribution in [3.63, 3.8) is 0 Å². The van der Waals surface area contributed by atoms with E-state index in [0.717, 1.165) is 44.9 Å². The summed E-state index contributed by atoms with van der Waals surface area (Å²) in [5.41, 5.74) is 0. The second-order valence-electron chi connectivity index (χ2n) is 25.7. The lowest BCUT2D eigenvalue weighted by Gasteiger charge is -2.48. The number of carbonyl (C=O) groups is 1. The van der Waals surface area contributed by atoms with Crippen molar-refractivity contribution in [3.05, 3.63) is 0 Å². The molecule has 0 bridgehead atoms. The van der Waals surface area contributed by atoms with E-state index in [0.29, 0.717) is 12.8 Å². The van der Waals surface area contributed by atoms with Gasteiger partial charge in [0.15, 0.2) is 18.9 Å². The van der Waals surface area contributed by atoms with E-state index in [1.807, 2.05) is 0 Å². The molecule has 19 nitrogen and oxygen atoms in total. The Morgan fingerprint density at radius 2 is 0.663 bits per heavy atom. The van der Waals surface area contributed by atoms with E-state index < -0.39 is 124 Å². The zero-order chi connectivity index (χ0) is 62.6. The summed E-state index contributed by atoms with van der Waals surface area (Å²) in [4.78, 5) is 13.4. The Labute approximate surface area is 519 Å². The van der Waals surface area contributed by atoms with E-state index in [2.05, 4.69) is 19.2 Å². The lowest BCUT2D eigenvalue weighted by atomic mass is 9.96. The Morgan fingerprint density at radius 1 is 0.372 bits per heavy atom. The van der Waals surface area contributed by atoms with Gasteiger partial charge in [-0.1, -0.05) is 271 Å². The van der Waals surface area contributed by atoms with Crippen LogP contribution in [0.1, 0.15) is 290 Å². The Kier molecular flexibility index (Phi) is 46.3. The molecule has 3 fully saturated rings. The van der Waals surface area contributed by atoms with Crippen molar-refractivity contribution >= 4 is 5.91 Å². The molecule has 3 aliphatic heterocycles. The van der Waals surface area contributed by atoms with E-state index in [-0.39, 0.29) is 18.9 Å². The number of amides is 1. The molecule has 0 aromatic rings. The SMILES string of the molecule is CCCCCCCCCCCCCCCCCCCCCCCCCC(O)C(COC1OC(CO)C(OC2OC(CO)C(OC3OC(CO)C(O)C(O)C3O)C(O)C2O)C(O)C1O)NC(=O)CCCCCCCCCCCCCCCCCCCC. The van der Waals surface area contributed by atoms with Crippen LogP contribution in [0, 0.1) is 0 Å². The van der Waals surface area contributed by atoms with Gasteiger partial charge in [0.1, 0.15) is 73.2 Å². The molecule has 3 aliphatic rings. The van der Waals surface area contributed by atoms with Crippen LogP contribution in [0.25, 0.3) is 0 Å². The van der Waals surface area contributed by atoms with Gasteiger partial charge < -0.3 is 89.9 Å². The van der Waals surface area contributed by atoms with Crippen LogP contribution >= 0.6 is 0 Å². The number of rotatable bonds is 55. The average molecular weight is 1240 g/mol. The quantitative estimate of drug-likeness (QED) is 0.0253. The summed E-state index contributed by atoms with van der Waals surface area (Å²) >= 11 is 0. The van der Waals surface area contributed by atoms with E-state index in [1.165, 1.54) is 212 Å². The largest absolute Gasteiger partial charge is 0.394 e. The van der Waals surface area contributed by atoms with E-state index in [9.17, 15) is 61.0 Å². The van der Waals surface area contributed by atoms with Gasteiger partial charge in [0, 0.05) is 6.42 Å². The van der Waals surface area contributed by atoms with Crippen LogP contribution in [0.2, 0.25) is 0 Å². The molecule has 12 N–H and O–H groups in total. The summed E-state index contributed by atoms with van der Waals surface area (Å²) in [5.74, 6) is -0.236. The zero-order valence-electron chi connectivity index (χ0n) is 53.8. The standard InChI is InChI=1S/C67H129NO18/c1-3-5-7-9-11-13-15-17-19-21-23-24-25-26-27-28-30-32-34-36-38-40-42-44-51(72)50(68-55(73)45-43-41-39-37-35-33-31-29-22-20-18-16-14-12-10-8-6-4-2)49-81-65-61(79)58(76)63(53(47-70)83-65)86-67-62(80)59(77)64(54(48-71)84-67)85-66-60(78)57(75)56(74)52(46-69)82-66/h50-54,56-67,69-72,74-80H,3-49H2,1-2H3,(H,68,73). The van der Waals surface area contributed by atoms with E-state index in [4.69, 9.17) is 28.4 Å². The van der Waals surface area contributed by atoms with Crippen LogP contribution in [0.15, 0.2) is 0 Å². The highest BCUT2D eigenvalue weighted by molar-refractivity contribution is 5.76. The first-order valence-corrected chi connectivity index (χ1v) is 35.3. The van der Waals surface area contributed by atoms with Crippen LogP contribution in [-0.4, -0.2) is 193 Å². The predicted molar refractivity (Wildman–Crippen MR) is 333 cm³/mol. The lowest BCUT2D eigenvalue weighted by molar-refractivity contribution is -0.379. The van der Waals surface area contributed by atoms with E-state index in [1.54, 1.807) is 0 Å². The lowest BCUT2D eigenvalue weighted by Crippen LogP contribution is -2.66. The Hall–Kier alpha value is -1.21. The summed E-state index contributed by atoms with van der Waals surface area (Å²) in [5, 5.41) is 121. The van der Waals surface area contributed by atoms with Crippen LogP contribution in [-0.2, 0) is 33.2 Å². The van der Waals surface area contributed by atoms with Crippen molar-refractivity contribution in [1.29, 1.82) is 0 Å². The second kappa shape index (κ2) is 50.4. The van der Waals surface area contributed by atoms with Gasteiger partial charge in [-0.3, -0.25) is 4.79 Å². The molecular formula is C67H129NO18. The van der Waals surface area contributed by atoms with E-state index >= 15 is 0 Å². The molecule has 3 heterocycles. The van der Waals surface area contributed by atoms with Crippen LogP contribution in [0.5, 0.6) is 0 Å². The van der Waals surface area contributed by atoms with Crippen molar-refractivity contribution in [3.8, 4) is 0 Å². The highest BCUT2D eigenvalue weighted by Crippen LogP contribution is 2.33. The number of carbonyl (C=O) groups excluding carboxylic acids is 1. The number of unbranched alkanes of at least 4 members (excludes halogenated alkanes) is 39. The third kappa shape index (κ3) is 32.4. The first-order valence-electron chi connectivity index (χ1n) is 35.3. The smallest absolute Gasteiger partial charge is 0.220 e. The summed E-state index contributed by atoms with van der Waals surface area (Å²) in [6.45, 7) is 1.85. The molecule has 86 heavy (non-hydrogen) atoms. The van der Waals surface area contributed by atoms with Crippen molar-refractivity contribution in [2.75, 3.05) is 26.4 Å². The third-order valence-electron chi connectivity index (χ3n) is 18.2.